The van der Waals surface area contributed by atoms with Gasteiger partial charge < -0.3 is 14.2 Å². The molecule has 0 radical (unpaired) electrons. The van der Waals surface area contributed by atoms with E-state index in [1.807, 2.05) is 84.9 Å². The molecule has 4 aromatic rings. The zero-order valence-corrected chi connectivity index (χ0v) is 21.2. The number of fused-ring (bicyclic) bond motifs is 1. The highest BCUT2D eigenvalue weighted by Gasteiger charge is 2.34. The Morgan fingerprint density at radius 1 is 1.05 bits per heavy atom. The molecule has 8 nitrogen and oxygen atoms in total. The van der Waals surface area contributed by atoms with Crippen molar-refractivity contribution in [2.45, 2.75) is 25.9 Å². The number of nitrogens with zero attached hydrogens (tertiary/aromatic N) is 3. The Morgan fingerprint density at radius 2 is 1.76 bits per heavy atom. The number of ketones is 1. The van der Waals surface area contributed by atoms with Crippen molar-refractivity contribution in [2.24, 2.45) is 5.92 Å². The minimum atomic E-state index is -0.779. The summed E-state index contributed by atoms with van der Waals surface area (Å²) >= 11 is 0. The van der Waals surface area contributed by atoms with Gasteiger partial charge in [-0.2, -0.15) is 0 Å². The van der Waals surface area contributed by atoms with E-state index in [0.29, 0.717) is 37.5 Å². The summed E-state index contributed by atoms with van der Waals surface area (Å²) in [4.78, 5) is 25.9. The second kappa shape index (κ2) is 11.8. The van der Waals surface area contributed by atoms with Gasteiger partial charge in [0.1, 0.15) is 40.8 Å². The van der Waals surface area contributed by atoms with Crippen LogP contribution in [0, 0.1) is 5.92 Å². The zero-order valence-electron chi connectivity index (χ0n) is 21.2. The van der Waals surface area contributed by atoms with Gasteiger partial charge in [0.2, 0.25) is 0 Å². The maximum atomic E-state index is 12.5. The third-order valence-corrected chi connectivity index (χ3v) is 6.28. The van der Waals surface area contributed by atoms with Crippen molar-refractivity contribution < 1.29 is 23.8 Å². The van der Waals surface area contributed by atoms with Gasteiger partial charge in [-0.3, -0.25) is 9.59 Å². The monoisotopic (exact) mass is 511 g/mol. The highest BCUT2D eigenvalue weighted by Crippen LogP contribution is 2.26. The van der Waals surface area contributed by atoms with Crippen LogP contribution >= 0.6 is 0 Å². The third kappa shape index (κ3) is 6.52. The summed E-state index contributed by atoms with van der Waals surface area (Å²) < 4.78 is 16.7. The van der Waals surface area contributed by atoms with Gasteiger partial charge in [0, 0.05) is 6.42 Å². The number of esters is 1. The Balaban J connectivity index is 1.29. The summed E-state index contributed by atoms with van der Waals surface area (Å²) in [6, 6.07) is 23.4. The fraction of sp³-hybridized carbons (Fsp3) is 0.267. The van der Waals surface area contributed by atoms with Crippen molar-refractivity contribution in [1.29, 1.82) is 0 Å². The summed E-state index contributed by atoms with van der Waals surface area (Å²) in [7, 11) is 0. The van der Waals surface area contributed by atoms with Crippen molar-refractivity contribution in [2.75, 3.05) is 19.8 Å². The number of Topliss-reactive ketones (excluding diaryl/α,β-unsaturated/α-hetero) is 1. The molecule has 5 rings (SSSR count). The Labute approximate surface area is 220 Å². The van der Waals surface area contributed by atoms with Crippen LogP contribution in [0.1, 0.15) is 24.5 Å². The van der Waals surface area contributed by atoms with Crippen LogP contribution in [0.3, 0.4) is 0 Å². The zero-order chi connectivity index (χ0) is 26.3. The molecule has 3 aromatic carbocycles. The quantitative estimate of drug-likeness (QED) is 0.156. The first kappa shape index (κ1) is 25.4. The second-order valence-electron chi connectivity index (χ2n) is 9.18. The lowest BCUT2D eigenvalue weighted by Crippen LogP contribution is -2.26. The van der Waals surface area contributed by atoms with E-state index < -0.39 is 11.9 Å². The molecule has 1 aliphatic heterocycles. The molecule has 0 aliphatic carbocycles. The van der Waals surface area contributed by atoms with Gasteiger partial charge in [0.05, 0.1) is 19.3 Å². The minimum Gasteiger partial charge on any atom is -0.487 e. The van der Waals surface area contributed by atoms with Crippen LogP contribution in [-0.4, -0.2) is 52.7 Å². The SMILES string of the molecule is CC(=O)C(CC1CO1)C(=O)OCCc1ccc(OC/C=C/c2ccccc2)c(-n2nc3ccccc3n2)c1. The Kier molecular flexibility index (Phi) is 7.89. The highest BCUT2D eigenvalue weighted by atomic mass is 16.6. The lowest BCUT2D eigenvalue weighted by atomic mass is 9.99. The van der Waals surface area contributed by atoms with E-state index in [-0.39, 0.29) is 18.5 Å². The molecular formula is C30H29N3O5. The van der Waals surface area contributed by atoms with E-state index in [1.165, 1.54) is 6.92 Å². The van der Waals surface area contributed by atoms with E-state index in [0.717, 1.165) is 22.2 Å². The molecule has 0 bridgehead atoms. The lowest BCUT2D eigenvalue weighted by Gasteiger charge is -2.14. The van der Waals surface area contributed by atoms with Crippen molar-refractivity contribution >= 4 is 28.9 Å². The topological polar surface area (TPSA) is 95.8 Å². The largest absolute Gasteiger partial charge is 0.487 e. The molecule has 0 N–H and O–H groups in total. The number of aromatic nitrogens is 3. The molecule has 1 aliphatic rings. The Hall–Kier alpha value is -4.30. The van der Waals surface area contributed by atoms with Crippen molar-refractivity contribution in [1.82, 2.24) is 15.0 Å². The summed E-state index contributed by atoms with van der Waals surface area (Å²) in [5, 5.41) is 9.24. The number of carbonyl (C=O) groups is 2. The van der Waals surface area contributed by atoms with Crippen LogP contribution in [0.4, 0.5) is 0 Å². The molecular weight excluding hydrogens is 482 g/mol. The van der Waals surface area contributed by atoms with Gasteiger partial charge in [-0.25, -0.2) is 0 Å². The normalized spacial score (nSPS) is 15.4. The molecule has 1 saturated heterocycles. The molecule has 194 valence electrons. The molecule has 2 heterocycles. The van der Waals surface area contributed by atoms with Gasteiger partial charge in [-0.05, 0) is 54.8 Å². The molecule has 1 fully saturated rings. The fourth-order valence-electron chi connectivity index (χ4n) is 4.12. The number of carbonyl (C=O) groups excluding carboxylic acids is 2. The van der Waals surface area contributed by atoms with E-state index in [1.54, 1.807) is 4.80 Å². The van der Waals surface area contributed by atoms with Crippen molar-refractivity contribution in [3.8, 4) is 11.4 Å². The standard InChI is InChI=1S/C30H29N3O5/c1-21(34)25(19-24-20-38-24)30(35)37-17-15-23-13-14-29(36-16-7-10-22-8-3-2-4-9-22)28(18-23)33-31-26-11-5-6-12-27(26)32-33/h2-14,18,24-25H,15-17,19-20H2,1H3/b10-7+. The van der Waals surface area contributed by atoms with Gasteiger partial charge in [0.15, 0.2) is 0 Å². The molecule has 0 spiro atoms. The number of epoxide rings is 1. The third-order valence-electron chi connectivity index (χ3n) is 6.28. The predicted octanol–water partition coefficient (Wildman–Crippen LogP) is 4.59. The minimum absolute atomic E-state index is 0.0221. The first-order chi connectivity index (χ1) is 18.6. The number of rotatable bonds is 12. The number of hydrogen-bond acceptors (Lipinski definition) is 7. The molecule has 38 heavy (non-hydrogen) atoms. The molecule has 8 heteroatoms. The van der Waals surface area contributed by atoms with Gasteiger partial charge in [-0.15, -0.1) is 15.0 Å². The average Bonchev–Trinajstić information content (AvgIpc) is 3.65. The van der Waals surface area contributed by atoms with Crippen LogP contribution in [0.25, 0.3) is 22.8 Å². The highest BCUT2D eigenvalue weighted by molar-refractivity contribution is 5.97. The van der Waals surface area contributed by atoms with E-state index in [9.17, 15) is 9.59 Å². The van der Waals surface area contributed by atoms with E-state index in [2.05, 4.69) is 10.2 Å². The first-order valence-electron chi connectivity index (χ1n) is 12.7. The molecule has 2 atom stereocenters. The van der Waals surface area contributed by atoms with Crippen molar-refractivity contribution in [3.63, 3.8) is 0 Å². The maximum Gasteiger partial charge on any atom is 0.316 e. The Bertz CT molecular complexity index is 1410. The number of ether oxygens (including phenoxy) is 3. The summed E-state index contributed by atoms with van der Waals surface area (Å²) in [5.41, 5.74) is 4.25. The summed E-state index contributed by atoms with van der Waals surface area (Å²) in [6.07, 6.45) is 4.79. The average molecular weight is 512 g/mol. The number of benzene rings is 3. The van der Waals surface area contributed by atoms with Gasteiger partial charge in [0.25, 0.3) is 0 Å². The Morgan fingerprint density at radius 3 is 2.45 bits per heavy atom. The van der Waals surface area contributed by atoms with Gasteiger partial charge >= 0.3 is 5.97 Å². The maximum absolute atomic E-state index is 12.5. The van der Waals surface area contributed by atoms with Crippen LogP contribution in [-0.2, 0) is 25.5 Å². The molecule has 0 amide bonds. The van der Waals surface area contributed by atoms with Crippen LogP contribution in [0.5, 0.6) is 5.75 Å². The number of hydrogen-bond donors (Lipinski definition) is 0. The predicted molar refractivity (Wildman–Crippen MR) is 143 cm³/mol. The summed E-state index contributed by atoms with van der Waals surface area (Å²) in [6.45, 7) is 2.53. The van der Waals surface area contributed by atoms with E-state index in [4.69, 9.17) is 14.2 Å². The second-order valence-corrected chi connectivity index (χ2v) is 9.18. The van der Waals surface area contributed by atoms with Gasteiger partial charge in [-0.1, -0.05) is 54.6 Å². The van der Waals surface area contributed by atoms with Crippen LogP contribution < -0.4 is 4.74 Å². The molecule has 0 saturated carbocycles. The first-order valence-corrected chi connectivity index (χ1v) is 12.7. The van der Waals surface area contributed by atoms with E-state index >= 15 is 0 Å². The van der Waals surface area contributed by atoms with Crippen LogP contribution in [0.15, 0.2) is 78.9 Å². The lowest BCUT2D eigenvalue weighted by molar-refractivity contribution is -0.152. The summed E-state index contributed by atoms with van der Waals surface area (Å²) in [5.74, 6) is -0.853. The van der Waals surface area contributed by atoms with Crippen molar-refractivity contribution in [3.05, 3.63) is 90.0 Å². The smallest absolute Gasteiger partial charge is 0.316 e. The molecule has 2 unspecified atom stereocenters. The molecule has 1 aromatic heterocycles. The van der Waals surface area contributed by atoms with Crippen LogP contribution in [0.2, 0.25) is 0 Å². The fourth-order valence-corrected chi connectivity index (χ4v) is 4.12.